The fourth-order valence-corrected chi connectivity index (χ4v) is 3.42. The number of hydrogen-bond donors (Lipinski definition) is 4. The Morgan fingerprint density at radius 2 is 2.00 bits per heavy atom. The molecule has 0 aliphatic carbocycles. The summed E-state index contributed by atoms with van der Waals surface area (Å²) in [5, 5.41) is 22.2. The largest absolute Gasteiger partial charge is 0.393 e. The highest BCUT2D eigenvalue weighted by molar-refractivity contribution is 7.19. The van der Waals surface area contributed by atoms with Gasteiger partial charge in [0.2, 0.25) is 0 Å². The quantitative estimate of drug-likeness (QED) is 0.531. The van der Waals surface area contributed by atoms with Crippen LogP contribution in [0.25, 0.3) is 10.4 Å². The number of nitrogens with two attached hydrogens (primary N) is 1. The van der Waals surface area contributed by atoms with E-state index in [4.69, 9.17) is 10.8 Å². The van der Waals surface area contributed by atoms with E-state index in [-0.39, 0.29) is 11.4 Å². The van der Waals surface area contributed by atoms with Crippen LogP contribution in [-0.2, 0) is 0 Å². The van der Waals surface area contributed by atoms with E-state index >= 15 is 0 Å². The second-order valence-electron chi connectivity index (χ2n) is 5.50. The zero-order valence-corrected chi connectivity index (χ0v) is 14.3. The first-order valence-electron chi connectivity index (χ1n) is 7.70. The molecule has 8 heteroatoms. The van der Waals surface area contributed by atoms with Gasteiger partial charge in [-0.05, 0) is 35.9 Å². The molecule has 26 heavy (non-hydrogen) atoms. The van der Waals surface area contributed by atoms with Crippen molar-refractivity contribution in [3.63, 3.8) is 0 Å². The number of thiophene rings is 1. The van der Waals surface area contributed by atoms with Gasteiger partial charge < -0.3 is 21.3 Å². The smallest absolute Gasteiger partial charge is 0.251 e. The summed E-state index contributed by atoms with van der Waals surface area (Å²) in [6, 6.07) is 12.5. The zero-order valence-electron chi connectivity index (χ0n) is 13.5. The van der Waals surface area contributed by atoms with Crippen LogP contribution in [0.15, 0.2) is 48.5 Å². The summed E-state index contributed by atoms with van der Waals surface area (Å²) in [7, 11) is 0. The Morgan fingerprint density at radius 1 is 1.27 bits per heavy atom. The molecule has 0 fully saturated rings. The van der Waals surface area contributed by atoms with Gasteiger partial charge in [-0.25, -0.2) is 9.37 Å². The Balaban J connectivity index is 1.94. The van der Waals surface area contributed by atoms with Crippen molar-refractivity contribution in [2.45, 2.75) is 6.10 Å². The fourth-order valence-electron chi connectivity index (χ4n) is 2.34. The number of rotatable bonds is 6. The average molecular weight is 373 g/mol. The molecular formula is C18H16FN3O3S. The maximum atomic E-state index is 13.1. The van der Waals surface area contributed by atoms with Crippen LogP contribution < -0.4 is 11.1 Å². The molecule has 3 aromatic rings. The van der Waals surface area contributed by atoms with Gasteiger partial charge in [0.05, 0.1) is 17.9 Å². The molecule has 134 valence electrons. The molecule has 0 spiro atoms. The van der Waals surface area contributed by atoms with Crippen LogP contribution in [-0.4, -0.2) is 27.7 Å². The molecule has 2 aromatic heterocycles. The minimum absolute atomic E-state index is 0.282. The van der Waals surface area contributed by atoms with Crippen molar-refractivity contribution in [1.82, 2.24) is 4.98 Å². The molecule has 3 rings (SSSR count). The lowest BCUT2D eigenvalue weighted by molar-refractivity contribution is 0.0924. The minimum atomic E-state index is -1.09. The second kappa shape index (κ2) is 7.61. The maximum Gasteiger partial charge on any atom is 0.251 e. The molecule has 0 saturated heterocycles. The van der Waals surface area contributed by atoms with Crippen molar-refractivity contribution in [1.29, 1.82) is 0 Å². The molecule has 1 atom stereocenters. The van der Waals surface area contributed by atoms with Crippen LogP contribution in [0.4, 0.5) is 15.2 Å². The molecule has 0 unspecified atom stereocenters. The van der Waals surface area contributed by atoms with E-state index < -0.39 is 18.6 Å². The Morgan fingerprint density at radius 3 is 2.65 bits per heavy atom. The van der Waals surface area contributed by atoms with Crippen molar-refractivity contribution in [2.75, 3.05) is 11.9 Å². The molecule has 1 aromatic carbocycles. The Kier molecular flexibility index (Phi) is 5.27. The third-order valence-electron chi connectivity index (χ3n) is 3.65. The van der Waals surface area contributed by atoms with E-state index in [9.17, 15) is 14.3 Å². The van der Waals surface area contributed by atoms with Crippen LogP contribution in [0.5, 0.6) is 0 Å². The van der Waals surface area contributed by atoms with E-state index in [2.05, 4.69) is 10.3 Å². The number of nitrogens with zero attached hydrogens (tertiary/aromatic N) is 1. The van der Waals surface area contributed by atoms with Gasteiger partial charge in [-0.2, -0.15) is 0 Å². The Labute approximate surface area is 152 Å². The Hall–Kier alpha value is -2.81. The van der Waals surface area contributed by atoms with Gasteiger partial charge >= 0.3 is 0 Å². The number of aliphatic hydroxyl groups is 2. The number of carbonyl (C=O) groups is 1. The van der Waals surface area contributed by atoms with E-state index in [0.717, 1.165) is 10.4 Å². The molecule has 0 aliphatic rings. The first kappa shape index (κ1) is 18.0. The van der Waals surface area contributed by atoms with Gasteiger partial charge in [-0.1, -0.05) is 18.2 Å². The van der Waals surface area contributed by atoms with Crippen LogP contribution in [0.3, 0.4) is 0 Å². The lowest BCUT2D eigenvalue weighted by Gasteiger charge is -2.09. The van der Waals surface area contributed by atoms with Gasteiger partial charge in [0.1, 0.15) is 22.7 Å². The van der Waals surface area contributed by atoms with Crippen LogP contribution >= 0.6 is 11.3 Å². The molecule has 2 heterocycles. The molecule has 1 amide bonds. The summed E-state index contributed by atoms with van der Waals surface area (Å²) in [6.45, 7) is -0.448. The van der Waals surface area contributed by atoms with Crippen LogP contribution in [0, 0.1) is 5.82 Å². The van der Waals surface area contributed by atoms with E-state index in [1.165, 1.54) is 23.5 Å². The number of nitrogens with one attached hydrogen (secondary N) is 1. The minimum Gasteiger partial charge on any atom is -0.393 e. The molecule has 0 aliphatic heterocycles. The summed E-state index contributed by atoms with van der Waals surface area (Å²) in [6.07, 6.45) is -1.09. The number of pyridine rings is 1. The SMILES string of the molecule is NC(=O)c1cc(-c2ccc(F)cc2)sc1Nc1cccc([C@H](O)CO)n1. The van der Waals surface area contributed by atoms with Crippen LogP contribution in [0.1, 0.15) is 22.2 Å². The predicted octanol–water partition coefficient (Wildman–Crippen LogP) is 2.82. The molecule has 0 saturated carbocycles. The predicted molar refractivity (Wildman–Crippen MR) is 97.8 cm³/mol. The number of amides is 1. The second-order valence-corrected chi connectivity index (χ2v) is 6.55. The summed E-state index contributed by atoms with van der Waals surface area (Å²) < 4.78 is 13.1. The number of primary amides is 1. The summed E-state index contributed by atoms with van der Waals surface area (Å²) >= 11 is 1.28. The number of carbonyl (C=O) groups excluding carboxylic acids is 1. The highest BCUT2D eigenvalue weighted by Gasteiger charge is 2.16. The van der Waals surface area contributed by atoms with Gasteiger partial charge in [0.15, 0.2) is 0 Å². The summed E-state index contributed by atoms with van der Waals surface area (Å²) in [4.78, 5) is 16.7. The standard InChI is InChI=1S/C18H16FN3O3S/c19-11-6-4-10(5-7-11)15-8-12(17(20)25)18(26-15)22-16-3-1-2-13(21-16)14(24)9-23/h1-8,14,23-24H,9H2,(H2,20,25)(H,21,22)/t14-/m1/s1. The van der Waals surface area contributed by atoms with E-state index in [0.29, 0.717) is 16.5 Å². The Bertz CT molecular complexity index is 928. The number of aromatic nitrogens is 1. The van der Waals surface area contributed by atoms with Crippen LogP contribution in [0.2, 0.25) is 0 Å². The summed E-state index contributed by atoms with van der Waals surface area (Å²) in [5.74, 6) is -0.559. The normalized spacial score (nSPS) is 12.0. The first-order valence-corrected chi connectivity index (χ1v) is 8.52. The van der Waals surface area contributed by atoms with Crippen molar-refractivity contribution in [2.24, 2.45) is 5.73 Å². The lowest BCUT2D eigenvalue weighted by atomic mass is 10.1. The highest BCUT2D eigenvalue weighted by Crippen LogP contribution is 2.36. The molecular weight excluding hydrogens is 357 g/mol. The third kappa shape index (κ3) is 3.88. The van der Waals surface area contributed by atoms with Gasteiger partial charge in [0, 0.05) is 4.88 Å². The van der Waals surface area contributed by atoms with Gasteiger partial charge in [-0.3, -0.25) is 4.79 Å². The third-order valence-corrected chi connectivity index (χ3v) is 4.75. The van der Waals surface area contributed by atoms with Crippen molar-refractivity contribution in [3.8, 4) is 10.4 Å². The lowest BCUT2D eigenvalue weighted by Crippen LogP contribution is -2.12. The van der Waals surface area contributed by atoms with E-state index in [1.807, 2.05) is 0 Å². The van der Waals surface area contributed by atoms with Crippen molar-refractivity contribution < 1.29 is 19.4 Å². The molecule has 0 bridgehead atoms. The van der Waals surface area contributed by atoms with E-state index in [1.54, 1.807) is 36.4 Å². The number of benzene rings is 1. The van der Waals surface area contributed by atoms with Crippen molar-refractivity contribution in [3.05, 3.63) is 65.6 Å². The zero-order chi connectivity index (χ0) is 18.7. The molecule has 6 nitrogen and oxygen atoms in total. The molecule has 0 radical (unpaired) electrons. The number of aliphatic hydroxyl groups excluding tert-OH is 2. The topological polar surface area (TPSA) is 108 Å². The monoisotopic (exact) mass is 373 g/mol. The number of halogens is 1. The van der Waals surface area contributed by atoms with Gasteiger partial charge in [0.25, 0.3) is 5.91 Å². The van der Waals surface area contributed by atoms with Gasteiger partial charge in [-0.15, -0.1) is 11.3 Å². The first-order chi connectivity index (χ1) is 12.5. The average Bonchev–Trinajstić information content (AvgIpc) is 3.06. The summed E-state index contributed by atoms with van der Waals surface area (Å²) in [5.41, 5.74) is 6.79. The number of hydrogen-bond acceptors (Lipinski definition) is 6. The highest BCUT2D eigenvalue weighted by atomic mass is 32.1. The maximum absolute atomic E-state index is 13.1. The molecule has 5 N–H and O–H groups in total. The number of anilines is 2. The fraction of sp³-hybridized carbons (Fsp3) is 0.111. The van der Waals surface area contributed by atoms with Crippen molar-refractivity contribution >= 4 is 28.1 Å².